The molecule has 0 spiro atoms. The van der Waals surface area contributed by atoms with Crippen LogP contribution < -0.4 is 10.1 Å². The molecule has 1 aliphatic heterocycles. The third-order valence-electron chi connectivity index (χ3n) is 3.83. The summed E-state index contributed by atoms with van der Waals surface area (Å²) >= 11 is 0. The molecule has 22 heavy (non-hydrogen) atoms. The van der Waals surface area contributed by atoms with Crippen molar-refractivity contribution in [3.63, 3.8) is 0 Å². The van der Waals surface area contributed by atoms with Gasteiger partial charge in [-0.05, 0) is 49.6 Å². The van der Waals surface area contributed by atoms with E-state index in [4.69, 9.17) is 4.74 Å². The van der Waals surface area contributed by atoms with Gasteiger partial charge in [-0.2, -0.15) is 0 Å². The number of hydrogen-bond donors (Lipinski definition) is 2. The number of aliphatic hydroxyl groups is 1. The Morgan fingerprint density at radius 2 is 2.18 bits per heavy atom. The maximum absolute atomic E-state index is 10.9. The average molecular weight is 306 g/mol. The average Bonchev–Trinajstić information content (AvgIpc) is 2.46. The molecule has 1 saturated heterocycles. The van der Waals surface area contributed by atoms with Gasteiger partial charge in [-0.25, -0.2) is 0 Å². The Morgan fingerprint density at radius 3 is 2.82 bits per heavy atom. The van der Waals surface area contributed by atoms with Gasteiger partial charge in [-0.15, -0.1) is 0 Å². The summed E-state index contributed by atoms with van der Waals surface area (Å²) < 4.78 is 5.61. The number of anilines is 1. The summed E-state index contributed by atoms with van der Waals surface area (Å²) in [6.45, 7) is 6.79. The molecule has 2 unspecified atom stereocenters. The first-order valence-electron chi connectivity index (χ1n) is 7.94. The number of amides is 1. The molecule has 0 bridgehead atoms. The molecule has 2 rings (SSSR count). The van der Waals surface area contributed by atoms with Crippen LogP contribution in [0.25, 0.3) is 0 Å². The van der Waals surface area contributed by atoms with Gasteiger partial charge in [0.05, 0.1) is 0 Å². The van der Waals surface area contributed by atoms with Gasteiger partial charge < -0.3 is 20.1 Å². The first-order chi connectivity index (χ1) is 10.5. The summed E-state index contributed by atoms with van der Waals surface area (Å²) in [4.78, 5) is 13.3. The number of aliphatic hydroxyl groups excluding tert-OH is 1. The van der Waals surface area contributed by atoms with Crippen LogP contribution in [0.1, 0.15) is 26.7 Å². The van der Waals surface area contributed by atoms with E-state index in [1.54, 1.807) is 24.3 Å². The normalized spacial score (nSPS) is 20.4. The van der Waals surface area contributed by atoms with E-state index in [1.807, 2.05) is 0 Å². The second-order valence-corrected chi connectivity index (χ2v) is 6.18. The maximum Gasteiger partial charge on any atom is 0.221 e. The SMILES string of the molecule is CC(=O)Nc1ccc(OCC(O)CN2CCCC(C)C2)cc1. The molecule has 0 aliphatic carbocycles. The van der Waals surface area contributed by atoms with Gasteiger partial charge in [0.25, 0.3) is 0 Å². The highest BCUT2D eigenvalue weighted by molar-refractivity contribution is 5.88. The lowest BCUT2D eigenvalue weighted by molar-refractivity contribution is -0.114. The predicted octanol–water partition coefficient (Wildman–Crippen LogP) is 2.12. The fourth-order valence-electron chi connectivity index (χ4n) is 2.83. The Balaban J connectivity index is 1.73. The molecule has 1 aliphatic rings. The van der Waals surface area contributed by atoms with Gasteiger partial charge in [-0.1, -0.05) is 6.92 Å². The number of nitrogens with one attached hydrogen (secondary N) is 1. The molecule has 5 heteroatoms. The van der Waals surface area contributed by atoms with E-state index in [0.717, 1.165) is 18.8 Å². The smallest absolute Gasteiger partial charge is 0.221 e. The Morgan fingerprint density at radius 1 is 1.45 bits per heavy atom. The van der Waals surface area contributed by atoms with Gasteiger partial charge in [0, 0.05) is 25.7 Å². The number of carbonyl (C=O) groups is 1. The van der Waals surface area contributed by atoms with Crippen LogP contribution in [-0.2, 0) is 4.79 Å². The molecule has 2 atom stereocenters. The van der Waals surface area contributed by atoms with Crippen LogP contribution in [-0.4, -0.2) is 48.3 Å². The molecule has 122 valence electrons. The van der Waals surface area contributed by atoms with E-state index in [1.165, 1.54) is 19.8 Å². The highest BCUT2D eigenvalue weighted by Crippen LogP contribution is 2.17. The van der Waals surface area contributed by atoms with E-state index < -0.39 is 6.10 Å². The van der Waals surface area contributed by atoms with E-state index in [-0.39, 0.29) is 12.5 Å². The monoisotopic (exact) mass is 306 g/mol. The van der Waals surface area contributed by atoms with E-state index in [9.17, 15) is 9.90 Å². The Bertz CT molecular complexity index is 475. The summed E-state index contributed by atoms with van der Waals surface area (Å²) in [6.07, 6.45) is 2.00. The van der Waals surface area contributed by atoms with Crippen molar-refractivity contribution in [2.75, 3.05) is 31.6 Å². The maximum atomic E-state index is 10.9. The molecule has 1 amide bonds. The number of hydrogen-bond acceptors (Lipinski definition) is 4. The minimum absolute atomic E-state index is 0.0974. The second kappa shape index (κ2) is 8.15. The molecule has 0 aromatic heterocycles. The van der Waals surface area contributed by atoms with E-state index >= 15 is 0 Å². The Hall–Kier alpha value is -1.59. The zero-order valence-corrected chi connectivity index (χ0v) is 13.4. The van der Waals surface area contributed by atoms with Gasteiger partial charge >= 0.3 is 0 Å². The number of benzene rings is 1. The molecule has 5 nitrogen and oxygen atoms in total. The molecule has 0 radical (unpaired) electrons. The van der Waals surface area contributed by atoms with E-state index in [0.29, 0.717) is 18.2 Å². The van der Waals surface area contributed by atoms with Crippen molar-refractivity contribution in [1.82, 2.24) is 4.90 Å². The highest BCUT2D eigenvalue weighted by Gasteiger charge is 2.19. The number of nitrogens with zero attached hydrogens (tertiary/aromatic N) is 1. The zero-order chi connectivity index (χ0) is 15.9. The van der Waals surface area contributed by atoms with Crippen molar-refractivity contribution in [3.05, 3.63) is 24.3 Å². The molecule has 0 saturated carbocycles. The minimum Gasteiger partial charge on any atom is -0.491 e. The Labute approximate surface area is 132 Å². The van der Waals surface area contributed by atoms with Gasteiger partial charge in [0.15, 0.2) is 0 Å². The minimum atomic E-state index is -0.486. The van der Waals surface area contributed by atoms with Gasteiger partial charge in [0.2, 0.25) is 5.91 Å². The third-order valence-corrected chi connectivity index (χ3v) is 3.83. The number of likely N-dealkylation sites (tertiary alicyclic amines) is 1. The van der Waals surface area contributed by atoms with Crippen LogP contribution >= 0.6 is 0 Å². The summed E-state index contributed by atoms with van der Waals surface area (Å²) in [5, 5.41) is 12.8. The van der Waals surface area contributed by atoms with Crippen molar-refractivity contribution < 1.29 is 14.6 Å². The molecule has 1 heterocycles. The number of ether oxygens (including phenoxy) is 1. The number of rotatable bonds is 6. The molecular formula is C17H26N2O3. The quantitative estimate of drug-likeness (QED) is 0.845. The van der Waals surface area contributed by atoms with E-state index in [2.05, 4.69) is 17.1 Å². The second-order valence-electron chi connectivity index (χ2n) is 6.18. The number of β-amino-alcohol motifs (C(OH)–C–C–N with tert-alkyl or cyclic N) is 1. The molecule has 1 aromatic rings. The molecule has 1 fully saturated rings. The lowest BCUT2D eigenvalue weighted by atomic mass is 10.0. The largest absolute Gasteiger partial charge is 0.491 e. The van der Waals surface area contributed by atoms with Crippen molar-refractivity contribution in [2.24, 2.45) is 5.92 Å². The Kier molecular flexibility index (Phi) is 6.21. The number of carbonyl (C=O) groups excluding carboxylic acids is 1. The fourth-order valence-corrected chi connectivity index (χ4v) is 2.83. The lowest BCUT2D eigenvalue weighted by Crippen LogP contribution is -2.41. The van der Waals surface area contributed by atoms with Crippen LogP contribution in [0, 0.1) is 5.92 Å². The van der Waals surface area contributed by atoms with Gasteiger partial charge in [0.1, 0.15) is 18.5 Å². The van der Waals surface area contributed by atoms with Gasteiger partial charge in [-0.3, -0.25) is 4.79 Å². The van der Waals surface area contributed by atoms with Crippen LogP contribution in [0.4, 0.5) is 5.69 Å². The third kappa shape index (κ3) is 5.66. The zero-order valence-electron chi connectivity index (χ0n) is 13.4. The molecule has 1 aromatic carbocycles. The molecular weight excluding hydrogens is 280 g/mol. The summed E-state index contributed by atoms with van der Waals surface area (Å²) in [5.74, 6) is 1.31. The first kappa shape index (κ1) is 16.8. The van der Waals surface area contributed by atoms with Crippen LogP contribution in [0.2, 0.25) is 0 Å². The molecule has 2 N–H and O–H groups in total. The summed E-state index contributed by atoms with van der Waals surface area (Å²) in [7, 11) is 0. The van der Waals surface area contributed by atoms with Crippen LogP contribution in [0.3, 0.4) is 0 Å². The number of piperidine rings is 1. The van der Waals surface area contributed by atoms with Crippen molar-refractivity contribution >= 4 is 11.6 Å². The fraction of sp³-hybridized carbons (Fsp3) is 0.588. The standard InChI is InChI=1S/C17H26N2O3/c1-13-4-3-9-19(10-13)11-16(21)12-22-17-7-5-15(6-8-17)18-14(2)20/h5-8,13,16,21H,3-4,9-12H2,1-2H3,(H,18,20). The topological polar surface area (TPSA) is 61.8 Å². The highest BCUT2D eigenvalue weighted by atomic mass is 16.5. The van der Waals surface area contributed by atoms with Crippen molar-refractivity contribution in [3.8, 4) is 5.75 Å². The predicted molar refractivity (Wildman–Crippen MR) is 87.1 cm³/mol. The van der Waals surface area contributed by atoms with Crippen LogP contribution in [0.5, 0.6) is 5.75 Å². The first-order valence-corrected chi connectivity index (χ1v) is 7.94. The summed E-state index contributed by atoms with van der Waals surface area (Å²) in [5.41, 5.74) is 0.739. The van der Waals surface area contributed by atoms with Crippen molar-refractivity contribution in [2.45, 2.75) is 32.8 Å². The van der Waals surface area contributed by atoms with Crippen molar-refractivity contribution in [1.29, 1.82) is 0 Å². The van der Waals surface area contributed by atoms with Crippen LogP contribution in [0.15, 0.2) is 24.3 Å². The lowest BCUT2D eigenvalue weighted by Gasteiger charge is -2.32. The summed E-state index contributed by atoms with van der Waals surface area (Å²) in [6, 6.07) is 7.16.